The van der Waals surface area contributed by atoms with Gasteiger partial charge >= 0.3 is 0 Å². The van der Waals surface area contributed by atoms with Crippen LogP contribution in [-0.2, 0) is 0 Å². The molecule has 19 heavy (non-hydrogen) atoms. The maximum Gasteiger partial charge on any atom is 0.123 e. The van der Waals surface area contributed by atoms with E-state index in [1.54, 1.807) is 12.1 Å². The van der Waals surface area contributed by atoms with Crippen molar-refractivity contribution in [3.05, 3.63) is 29.6 Å². The number of halogens is 1. The van der Waals surface area contributed by atoms with Crippen LogP contribution < -0.4 is 5.32 Å². The first-order chi connectivity index (χ1) is 9.33. The molecule has 104 valence electrons. The summed E-state index contributed by atoms with van der Waals surface area (Å²) in [6.45, 7) is 1.10. The molecule has 1 heterocycles. The van der Waals surface area contributed by atoms with Crippen LogP contribution >= 0.6 is 11.8 Å². The van der Waals surface area contributed by atoms with Gasteiger partial charge in [0.1, 0.15) is 5.82 Å². The topological polar surface area (TPSA) is 12.0 Å². The van der Waals surface area contributed by atoms with Gasteiger partial charge in [0.25, 0.3) is 0 Å². The molecule has 1 aliphatic heterocycles. The second-order valence-electron chi connectivity index (χ2n) is 5.78. The molecule has 0 aromatic heterocycles. The smallest absolute Gasteiger partial charge is 0.123 e. The Morgan fingerprint density at radius 3 is 2.84 bits per heavy atom. The van der Waals surface area contributed by atoms with Crippen LogP contribution in [0.5, 0.6) is 0 Å². The Kier molecular flexibility index (Phi) is 4.44. The van der Waals surface area contributed by atoms with Crippen LogP contribution in [0.15, 0.2) is 23.1 Å². The third kappa shape index (κ3) is 3.32. The van der Waals surface area contributed by atoms with Crippen molar-refractivity contribution in [2.45, 2.75) is 49.5 Å². The molecule has 0 amide bonds. The van der Waals surface area contributed by atoms with E-state index in [4.69, 9.17) is 0 Å². The van der Waals surface area contributed by atoms with E-state index in [9.17, 15) is 4.39 Å². The highest BCUT2D eigenvalue weighted by atomic mass is 32.2. The predicted molar refractivity (Wildman–Crippen MR) is 79.1 cm³/mol. The molecule has 0 spiro atoms. The normalized spacial score (nSPS) is 24.2. The van der Waals surface area contributed by atoms with Gasteiger partial charge < -0.3 is 5.32 Å². The van der Waals surface area contributed by atoms with Crippen LogP contribution in [0.2, 0.25) is 0 Å². The minimum absolute atomic E-state index is 0.106. The molecule has 1 aromatic carbocycles. The maximum absolute atomic E-state index is 13.4. The zero-order valence-electron chi connectivity index (χ0n) is 11.3. The van der Waals surface area contributed by atoms with Crippen molar-refractivity contribution in [3.63, 3.8) is 0 Å². The lowest BCUT2D eigenvalue weighted by molar-refractivity contribution is 0.324. The van der Waals surface area contributed by atoms with Gasteiger partial charge in [-0.05, 0) is 61.2 Å². The first-order valence-corrected chi connectivity index (χ1v) is 8.47. The molecule has 1 fully saturated rings. The van der Waals surface area contributed by atoms with Crippen molar-refractivity contribution in [3.8, 4) is 0 Å². The van der Waals surface area contributed by atoms with Crippen LogP contribution in [-0.4, -0.2) is 12.3 Å². The van der Waals surface area contributed by atoms with E-state index in [0.717, 1.165) is 24.6 Å². The molecular weight excluding hydrogens is 257 g/mol. The molecule has 1 atom stereocenters. The molecular formula is C16H22FNS. The number of rotatable bonds is 3. The van der Waals surface area contributed by atoms with Gasteiger partial charge in [-0.25, -0.2) is 4.39 Å². The summed E-state index contributed by atoms with van der Waals surface area (Å²) in [7, 11) is 0. The van der Waals surface area contributed by atoms with E-state index in [1.807, 2.05) is 17.8 Å². The van der Waals surface area contributed by atoms with Crippen LogP contribution in [0.25, 0.3) is 0 Å². The summed E-state index contributed by atoms with van der Waals surface area (Å²) in [6, 6.07) is 5.59. The minimum Gasteiger partial charge on any atom is -0.310 e. The van der Waals surface area contributed by atoms with Gasteiger partial charge in [0.15, 0.2) is 0 Å². The van der Waals surface area contributed by atoms with Crippen LogP contribution in [0.1, 0.15) is 50.1 Å². The molecule has 1 nitrogen and oxygen atoms in total. The molecule has 2 aliphatic rings. The van der Waals surface area contributed by atoms with E-state index >= 15 is 0 Å². The van der Waals surface area contributed by atoms with E-state index in [-0.39, 0.29) is 5.82 Å². The minimum atomic E-state index is -0.106. The summed E-state index contributed by atoms with van der Waals surface area (Å²) in [4.78, 5) is 1.26. The highest BCUT2D eigenvalue weighted by Gasteiger charge is 2.22. The van der Waals surface area contributed by atoms with E-state index in [1.165, 1.54) is 42.6 Å². The molecule has 3 rings (SSSR count). The second kappa shape index (κ2) is 6.27. The molecule has 3 heteroatoms. The van der Waals surface area contributed by atoms with Crippen molar-refractivity contribution in [1.82, 2.24) is 5.32 Å². The third-order valence-corrected chi connectivity index (χ3v) is 5.51. The lowest BCUT2D eigenvalue weighted by Crippen LogP contribution is -2.30. The number of hydrogen-bond acceptors (Lipinski definition) is 2. The molecule has 0 saturated heterocycles. The summed E-state index contributed by atoms with van der Waals surface area (Å²) in [5.41, 5.74) is 1.17. The Labute approximate surface area is 119 Å². The van der Waals surface area contributed by atoms with Crippen molar-refractivity contribution in [1.29, 1.82) is 0 Å². The lowest BCUT2D eigenvalue weighted by atomic mass is 9.89. The highest BCUT2D eigenvalue weighted by molar-refractivity contribution is 7.99. The summed E-state index contributed by atoms with van der Waals surface area (Å²) in [6.07, 6.45) is 8.03. The number of hydrogen-bond donors (Lipinski definition) is 1. The monoisotopic (exact) mass is 279 g/mol. The molecule has 1 saturated carbocycles. The van der Waals surface area contributed by atoms with Gasteiger partial charge in [0, 0.05) is 10.9 Å². The summed E-state index contributed by atoms with van der Waals surface area (Å²) in [5, 5.41) is 3.69. The van der Waals surface area contributed by atoms with Crippen molar-refractivity contribution >= 4 is 11.8 Å². The number of fused-ring (bicyclic) bond motifs is 1. The maximum atomic E-state index is 13.4. The quantitative estimate of drug-likeness (QED) is 0.872. The first kappa shape index (κ1) is 13.4. The standard InChI is InChI=1S/C16H22FNS/c17-13-6-7-16-14(10-13)15(8-9-19-16)18-11-12-4-2-1-3-5-12/h6-7,10,12,15,18H,1-5,8-9,11H2. The fourth-order valence-electron chi connectivity index (χ4n) is 3.28. The van der Waals surface area contributed by atoms with Crippen molar-refractivity contribution in [2.24, 2.45) is 5.92 Å². The molecule has 1 aliphatic carbocycles. The van der Waals surface area contributed by atoms with Crippen LogP contribution in [0, 0.1) is 11.7 Å². The van der Waals surface area contributed by atoms with E-state index in [2.05, 4.69) is 5.32 Å². The Balaban J connectivity index is 1.64. The second-order valence-corrected chi connectivity index (χ2v) is 6.92. The van der Waals surface area contributed by atoms with E-state index < -0.39 is 0 Å². The number of thioether (sulfide) groups is 1. The zero-order chi connectivity index (χ0) is 13.1. The Hall–Kier alpha value is -0.540. The fourth-order valence-corrected chi connectivity index (χ4v) is 4.38. The van der Waals surface area contributed by atoms with Gasteiger partial charge in [-0.3, -0.25) is 0 Å². The summed E-state index contributed by atoms with van der Waals surface area (Å²) >= 11 is 1.86. The SMILES string of the molecule is Fc1ccc2c(c1)C(NCC1CCCCC1)CCS2. The number of benzene rings is 1. The lowest BCUT2D eigenvalue weighted by Gasteiger charge is -2.29. The average Bonchev–Trinajstić information content (AvgIpc) is 2.46. The van der Waals surface area contributed by atoms with Gasteiger partial charge in [0.05, 0.1) is 0 Å². The molecule has 0 bridgehead atoms. The molecule has 1 unspecified atom stereocenters. The molecule has 1 aromatic rings. The average molecular weight is 279 g/mol. The summed E-state index contributed by atoms with van der Waals surface area (Å²) < 4.78 is 13.4. The summed E-state index contributed by atoms with van der Waals surface area (Å²) in [5.74, 6) is 1.87. The molecule has 1 N–H and O–H groups in total. The van der Waals surface area contributed by atoms with Gasteiger partial charge in [-0.15, -0.1) is 11.8 Å². The Bertz CT molecular complexity index is 429. The van der Waals surface area contributed by atoms with Crippen molar-refractivity contribution < 1.29 is 4.39 Å². The van der Waals surface area contributed by atoms with Crippen molar-refractivity contribution in [2.75, 3.05) is 12.3 Å². The van der Waals surface area contributed by atoms with Gasteiger partial charge in [-0.1, -0.05) is 19.3 Å². The zero-order valence-corrected chi connectivity index (χ0v) is 12.1. The predicted octanol–water partition coefficient (Wildman–Crippen LogP) is 4.53. The largest absolute Gasteiger partial charge is 0.310 e. The molecule has 0 radical (unpaired) electrons. The third-order valence-electron chi connectivity index (χ3n) is 4.39. The number of nitrogens with one attached hydrogen (secondary N) is 1. The Morgan fingerprint density at radius 2 is 2.00 bits per heavy atom. The van der Waals surface area contributed by atoms with Crippen LogP contribution in [0.3, 0.4) is 0 Å². The first-order valence-electron chi connectivity index (χ1n) is 7.48. The van der Waals surface area contributed by atoms with Crippen LogP contribution in [0.4, 0.5) is 4.39 Å². The van der Waals surface area contributed by atoms with E-state index in [0.29, 0.717) is 6.04 Å². The fraction of sp³-hybridized carbons (Fsp3) is 0.625. The highest BCUT2D eigenvalue weighted by Crippen LogP contribution is 2.36. The van der Waals surface area contributed by atoms with Gasteiger partial charge in [0.2, 0.25) is 0 Å². The Morgan fingerprint density at radius 1 is 1.16 bits per heavy atom. The van der Waals surface area contributed by atoms with Gasteiger partial charge in [-0.2, -0.15) is 0 Å².